The summed E-state index contributed by atoms with van der Waals surface area (Å²) in [4.78, 5) is 22.7. The average Bonchev–Trinajstić information content (AvgIpc) is 2.33. The molecular weight excluding hydrogens is 210 g/mol. The molecule has 0 spiro atoms. The van der Waals surface area contributed by atoms with E-state index in [2.05, 4.69) is 16.0 Å². The first kappa shape index (κ1) is 11.3. The third-order valence-corrected chi connectivity index (χ3v) is 2.83. The molecule has 16 heavy (non-hydrogen) atoms. The van der Waals surface area contributed by atoms with Gasteiger partial charge in [-0.15, -0.1) is 0 Å². The number of carbonyl (C=O) groups is 2. The maximum Gasteiger partial charge on any atom is 0.250 e. The Morgan fingerprint density at radius 1 is 1.44 bits per heavy atom. The van der Waals surface area contributed by atoms with Crippen LogP contribution in [-0.4, -0.2) is 50.2 Å². The van der Waals surface area contributed by atoms with Gasteiger partial charge in [-0.2, -0.15) is 0 Å². The summed E-state index contributed by atoms with van der Waals surface area (Å²) in [5.74, 6) is -0.0329. The van der Waals surface area contributed by atoms with Gasteiger partial charge >= 0.3 is 0 Å². The lowest BCUT2D eigenvalue weighted by Gasteiger charge is -2.27. The minimum Gasteiger partial charge on any atom is -0.366 e. The Kier molecular flexibility index (Phi) is 3.74. The van der Waals surface area contributed by atoms with E-state index in [1.807, 2.05) is 0 Å². The Bertz CT molecular complexity index is 266. The van der Waals surface area contributed by atoms with Gasteiger partial charge in [0.25, 0.3) is 5.91 Å². The minimum absolute atomic E-state index is 0.0377. The van der Waals surface area contributed by atoms with Gasteiger partial charge in [-0.1, -0.05) is 0 Å². The van der Waals surface area contributed by atoms with Crippen molar-refractivity contribution in [2.24, 2.45) is 0 Å². The van der Waals surface area contributed by atoms with Gasteiger partial charge < -0.3 is 20.7 Å². The predicted molar refractivity (Wildman–Crippen MR) is 56.8 cm³/mol. The zero-order valence-corrected chi connectivity index (χ0v) is 9.12. The summed E-state index contributed by atoms with van der Waals surface area (Å²) in [5.41, 5.74) is 0. The van der Waals surface area contributed by atoms with Crippen molar-refractivity contribution in [1.29, 1.82) is 0 Å². The fourth-order valence-electron chi connectivity index (χ4n) is 1.88. The van der Waals surface area contributed by atoms with Gasteiger partial charge in [0, 0.05) is 32.1 Å². The van der Waals surface area contributed by atoms with E-state index in [1.54, 1.807) is 0 Å². The quantitative estimate of drug-likeness (QED) is 0.529. The normalized spacial score (nSPS) is 30.6. The van der Waals surface area contributed by atoms with Crippen molar-refractivity contribution in [3.63, 3.8) is 0 Å². The number of carbonyl (C=O) groups excluding carboxylic acids is 2. The standard InChI is InChI=1S/C10H17N3O3/c14-9-2-1-7(5-12-9)13-10(15)8-6-11-3-4-16-8/h7-8,11H,1-6H2,(H,12,14)(H,13,15). The Hall–Kier alpha value is -1.14. The second-order valence-corrected chi connectivity index (χ2v) is 4.11. The maximum atomic E-state index is 11.8. The molecule has 2 atom stereocenters. The highest BCUT2D eigenvalue weighted by molar-refractivity contribution is 5.82. The van der Waals surface area contributed by atoms with Gasteiger partial charge in [-0.3, -0.25) is 9.59 Å². The van der Waals surface area contributed by atoms with Crippen molar-refractivity contribution in [2.45, 2.75) is 25.0 Å². The molecule has 0 aromatic heterocycles. The fraction of sp³-hybridized carbons (Fsp3) is 0.800. The van der Waals surface area contributed by atoms with Gasteiger partial charge in [0.15, 0.2) is 0 Å². The molecule has 0 aromatic rings. The number of morpholine rings is 1. The molecule has 2 unspecified atom stereocenters. The van der Waals surface area contributed by atoms with Crippen LogP contribution in [0.5, 0.6) is 0 Å². The van der Waals surface area contributed by atoms with Gasteiger partial charge in [0.1, 0.15) is 6.10 Å². The Labute approximate surface area is 94.1 Å². The third kappa shape index (κ3) is 2.93. The third-order valence-electron chi connectivity index (χ3n) is 2.83. The Morgan fingerprint density at radius 2 is 2.31 bits per heavy atom. The van der Waals surface area contributed by atoms with E-state index >= 15 is 0 Å². The van der Waals surface area contributed by atoms with Crippen LogP contribution in [0, 0.1) is 0 Å². The predicted octanol–water partition coefficient (Wildman–Crippen LogP) is -1.63. The van der Waals surface area contributed by atoms with E-state index in [0.717, 1.165) is 6.54 Å². The van der Waals surface area contributed by atoms with Crippen LogP contribution < -0.4 is 16.0 Å². The lowest BCUT2D eigenvalue weighted by atomic mass is 10.1. The van der Waals surface area contributed by atoms with E-state index < -0.39 is 6.10 Å². The van der Waals surface area contributed by atoms with E-state index in [4.69, 9.17) is 4.74 Å². The summed E-state index contributed by atoms with van der Waals surface area (Å²) < 4.78 is 5.34. The number of amides is 2. The van der Waals surface area contributed by atoms with Crippen LogP contribution in [-0.2, 0) is 14.3 Å². The van der Waals surface area contributed by atoms with Gasteiger partial charge in [0.05, 0.1) is 6.61 Å². The molecule has 0 radical (unpaired) electrons. The number of rotatable bonds is 2. The minimum atomic E-state index is -0.397. The molecule has 6 nitrogen and oxygen atoms in total. The summed E-state index contributed by atoms with van der Waals surface area (Å²) in [5, 5.41) is 8.73. The summed E-state index contributed by atoms with van der Waals surface area (Å²) in [7, 11) is 0. The molecule has 2 aliphatic heterocycles. The highest BCUT2D eigenvalue weighted by Crippen LogP contribution is 2.04. The van der Waals surface area contributed by atoms with Crippen LogP contribution >= 0.6 is 0 Å². The first-order valence-electron chi connectivity index (χ1n) is 5.65. The van der Waals surface area contributed by atoms with E-state index in [0.29, 0.717) is 32.5 Å². The molecule has 0 saturated carbocycles. The van der Waals surface area contributed by atoms with E-state index in [-0.39, 0.29) is 17.9 Å². The Morgan fingerprint density at radius 3 is 2.94 bits per heavy atom. The summed E-state index contributed by atoms with van der Waals surface area (Å²) in [6.07, 6.45) is 0.790. The second kappa shape index (κ2) is 5.27. The Balaban J connectivity index is 1.75. The highest BCUT2D eigenvalue weighted by atomic mass is 16.5. The first-order chi connectivity index (χ1) is 7.75. The zero-order chi connectivity index (χ0) is 11.4. The SMILES string of the molecule is O=C1CCC(NC(=O)C2CNCCO2)CN1. The topological polar surface area (TPSA) is 79.5 Å². The van der Waals surface area contributed by atoms with Crippen LogP contribution in [0.4, 0.5) is 0 Å². The molecule has 2 heterocycles. The van der Waals surface area contributed by atoms with Crippen molar-refractivity contribution < 1.29 is 14.3 Å². The fourth-order valence-corrected chi connectivity index (χ4v) is 1.88. The summed E-state index contributed by atoms with van der Waals surface area (Å²) in [6.45, 7) is 2.44. The van der Waals surface area contributed by atoms with Crippen molar-refractivity contribution in [3.05, 3.63) is 0 Å². The second-order valence-electron chi connectivity index (χ2n) is 4.11. The molecule has 2 aliphatic rings. The molecule has 2 saturated heterocycles. The van der Waals surface area contributed by atoms with Gasteiger partial charge in [-0.25, -0.2) is 0 Å². The molecule has 2 amide bonds. The molecule has 90 valence electrons. The van der Waals surface area contributed by atoms with E-state index in [9.17, 15) is 9.59 Å². The molecule has 0 bridgehead atoms. The highest BCUT2D eigenvalue weighted by Gasteiger charge is 2.25. The van der Waals surface area contributed by atoms with Crippen LogP contribution in [0.3, 0.4) is 0 Å². The van der Waals surface area contributed by atoms with Crippen molar-refractivity contribution in [3.8, 4) is 0 Å². The average molecular weight is 227 g/mol. The van der Waals surface area contributed by atoms with Gasteiger partial charge in [-0.05, 0) is 6.42 Å². The monoisotopic (exact) mass is 227 g/mol. The number of ether oxygens (including phenoxy) is 1. The summed E-state index contributed by atoms with van der Waals surface area (Å²) >= 11 is 0. The lowest BCUT2D eigenvalue weighted by molar-refractivity contribution is -0.135. The number of nitrogens with one attached hydrogen (secondary N) is 3. The number of hydrogen-bond acceptors (Lipinski definition) is 4. The molecule has 2 fully saturated rings. The van der Waals surface area contributed by atoms with E-state index in [1.165, 1.54) is 0 Å². The number of hydrogen-bond donors (Lipinski definition) is 3. The van der Waals surface area contributed by atoms with Crippen LogP contribution in [0.2, 0.25) is 0 Å². The van der Waals surface area contributed by atoms with Crippen LogP contribution in [0.1, 0.15) is 12.8 Å². The largest absolute Gasteiger partial charge is 0.366 e. The first-order valence-corrected chi connectivity index (χ1v) is 5.65. The molecule has 3 N–H and O–H groups in total. The van der Waals surface area contributed by atoms with Crippen molar-refractivity contribution in [1.82, 2.24) is 16.0 Å². The smallest absolute Gasteiger partial charge is 0.250 e. The van der Waals surface area contributed by atoms with Crippen LogP contribution in [0.25, 0.3) is 0 Å². The molecule has 2 rings (SSSR count). The summed E-state index contributed by atoms with van der Waals surface area (Å²) in [6, 6.07) is 0.0377. The number of piperidine rings is 1. The maximum absolute atomic E-state index is 11.8. The van der Waals surface area contributed by atoms with Gasteiger partial charge in [0.2, 0.25) is 5.91 Å². The molecular formula is C10H17N3O3. The molecule has 0 aliphatic carbocycles. The van der Waals surface area contributed by atoms with Crippen molar-refractivity contribution >= 4 is 11.8 Å². The van der Waals surface area contributed by atoms with Crippen molar-refractivity contribution in [2.75, 3.05) is 26.2 Å². The lowest BCUT2D eigenvalue weighted by Crippen LogP contribution is -2.54. The molecule has 0 aromatic carbocycles. The van der Waals surface area contributed by atoms with Crippen LogP contribution in [0.15, 0.2) is 0 Å². The zero-order valence-electron chi connectivity index (χ0n) is 9.12. The molecule has 6 heteroatoms.